The van der Waals surface area contributed by atoms with Gasteiger partial charge in [-0.2, -0.15) is 0 Å². The first kappa shape index (κ1) is 19.0. The smallest absolute Gasteiger partial charge is 0.406 e. The number of hydrogen-bond acceptors (Lipinski definition) is 4. The summed E-state index contributed by atoms with van der Waals surface area (Å²) >= 11 is 0. The second-order valence-electron chi connectivity index (χ2n) is 6.83. The van der Waals surface area contributed by atoms with Crippen LogP contribution in [0.4, 0.5) is 13.2 Å². The molecular weight excluding hydrogens is 347 g/mol. The molecule has 0 spiro atoms. The number of amides is 1. The normalized spacial score (nSPS) is 19.7. The van der Waals surface area contributed by atoms with Gasteiger partial charge in [0.25, 0.3) is 0 Å². The van der Waals surface area contributed by atoms with Gasteiger partial charge >= 0.3 is 6.36 Å². The number of hydrogen-bond donors (Lipinski definition) is 0. The molecule has 0 aromatic heterocycles. The van der Waals surface area contributed by atoms with Crippen LogP contribution in [0.1, 0.15) is 18.4 Å². The van der Waals surface area contributed by atoms with E-state index in [1.807, 2.05) is 4.90 Å². The van der Waals surface area contributed by atoms with Crippen LogP contribution in [-0.4, -0.2) is 72.8 Å². The maximum absolute atomic E-state index is 12.2. The summed E-state index contributed by atoms with van der Waals surface area (Å²) in [5.74, 6) is 0.0164. The number of carbonyl (C=O) groups is 1. The molecule has 0 radical (unpaired) electrons. The molecule has 8 heteroatoms. The van der Waals surface area contributed by atoms with Gasteiger partial charge < -0.3 is 9.64 Å². The third kappa shape index (κ3) is 5.60. The van der Waals surface area contributed by atoms with Gasteiger partial charge in [-0.05, 0) is 30.5 Å². The molecule has 2 heterocycles. The standard InChI is InChI=1S/C18H24F3N3O2/c19-18(20,21)26-16-5-3-15(4-6-16)13-22-9-11-23(12-10-22)14-17(25)24-7-1-2-8-24/h3-6H,1-2,7-14H2. The Morgan fingerprint density at radius 1 is 0.923 bits per heavy atom. The molecule has 0 bridgehead atoms. The number of alkyl halides is 3. The Morgan fingerprint density at radius 2 is 1.50 bits per heavy atom. The van der Waals surface area contributed by atoms with E-state index in [2.05, 4.69) is 14.5 Å². The maximum Gasteiger partial charge on any atom is 0.573 e. The molecule has 5 nitrogen and oxygen atoms in total. The van der Waals surface area contributed by atoms with Gasteiger partial charge in [0.15, 0.2) is 0 Å². The van der Waals surface area contributed by atoms with Gasteiger partial charge in [-0.1, -0.05) is 12.1 Å². The van der Waals surface area contributed by atoms with Gasteiger partial charge in [-0.25, -0.2) is 0 Å². The Morgan fingerprint density at radius 3 is 2.08 bits per heavy atom. The summed E-state index contributed by atoms with van der Waals surface area (Å²) in [6, 6.07) is 6.00. The van der Waals surface area contributed by atoms with Gasteiger partial charge in [0, 0.05) is 45.8 Å². The third-order valence-electron chi connectivity index (χ3n) is 4.85. The van der Waals surface area contributed by atoms with E-state index in [4.69, 9.17) is 0 Å². The van der Waals surface area contributed by atoms with E-state index in [1.165, 1.54) is 12.1 Å². The second kappa shape index (κ2) is 8.26. The number of ether oxygens (including phenoxy) is 1. The van der Waals surface area contributed by atoms with E-state index in [0.29, 0.717) is 13.1 Å². The molecule has 3 rings (SSSR count). The van der Waals surface area contributed by atoms with Crippen LogP contribution in [0, 0.1) is 0 Å². The molecule has 0 aliphatic carbocycles. The van der Waals surface area contributed by atoms with Crippen molar-refractivity contribution in [2.45, 2.75) is 25.7 Å². The van der Waals surface area contributed by atoms with Gasteiger partial charge in [-0.15, -0.1) is 13.2 Å². The minimum Gasteiger partial charge on any atom is -0.406 e. The summed E-state index contributed by atoms with van der Waals surface area (Å²) in [6.45, 7) is 6.27. The molecule has 1 aromatic carbocycles. The number of halogens is 3. The van der Waals surface area contributed by atoms with Gasteiger partial charge in [0.05, 0.1) is 6.54 Å². The molecule has 1 aromatic rings. The lowest BCUT2D eigenvalue weighted by molar-refractivity contribution is -0.274. The number of likely N-dealkylation sites (tertiary alicyclic amines) is 1. The lowest BCUT2D eigenvalue weighted by Gasteiger charge is -2.35. The molecule has 26 heavy (non-hydrogen) atoms. The second-order valence-corrected chi connectivity index (χ2v) is 6.83. The summed E-state index contributed by atoms with van der Waals surface area (Å²) in [6.07, 6.45) is -2.46. The fourth-order valence-electron chi connectivity index (χ4n) is 3.42. The zero-order valence-electron chi connectivity index (χ0n) is 14.7. The average Bonchev–Trinajstić information content (AvgIpc) is 3.12. The Labute approximate surface area is 151 Å². The van der Waals surface area contributed by atoms with E-state index < -0.39 is 6.36 Å². The van der Waals surface area contributed by atoms with E-state index in [0.717, 1.165) is 57.7 Å². The lowest BCUT2D eigenvalue weighted by Crippen LogP contribution is -2.49. The Bertz CT molecular complexity index is 593. The van der Waals surface area contributed by atoms with Crippen molar-refractivity contribution in [3.8, 4) is 5.75 Å². The minimum atomic E-state index is -4.66. The molecule has 144 valence electrons. The minimum absolute atomic E-state index is 0.202. The number of nitrogens with zero attached hydrogens (tertiary/aromatic N) is 3. The topological polar surface area (TPSA) is 36.0 Å². The summed E-state index contributed by atoms with van der Waals surface area (Å²) in [5.41, 5.74) is 0.945. The molecule has 2 saturated heterocycles. The summed E-state index contributed by atoms with van der Waals surface area (Å²) in [7, 11) is 0. The monoisotopic (exact) mass is 371 g/mol. The molecule has 2 aliphatic rings. The van der Waals surface area contributed by atoms with Gasteiger partial charge in [-0.3, -0.25) is 14.6 Å². The van der Waals surface area contributed by atoms with Gasteiger partial charge in [0.2, 0.25) is 5.91 Å². The molecule has 0 saturated carbocycles. The highest BCUT2D eigenvalue weighted by atomic mass is 19.4. The predicted molar refractivity (Wildman–Crippen MR) is 90.7 cm³/mol. The molecule has 0 atom stereocenters. The number of carbonyl (C=O) groups excluding carboxylic acids is 1. The third-order valence-corrected chi connectivity index (χ3v) is 4.85. The Hall–Kier alpha value is -1.80. The van der Waals surface area contributed by atoms with Crippen LogP contribution in [0.5, 0.6) is 5.75 Å². The molecular formula is C18H24F3N3O2. The summed E-state index contributed by atoms with van der Waals surface area (Å²) in [5, 5.41) is 0. The molecule has 0 unspecified atom stereocenters. The van der Waals surface area contributed by atoms with Crippen LogP contribution in [0.15, 0.2) is 24.3 Å². The number of benzene rings is 1. The molecule has 0 N–H and O–H groups in total. The van der Waals surface area contributed by atoms with Crippen molar-refractivity contribution in [3.05, 3.63) is 29.8 Å². The van der Waals surface area contributed by atoms with Crippen LogP contribution in [0.3, 0.4) is 0 Å². The highest BCUT2D eigenvalue weighted by Crippen LogP contribution is 2.23. The van der Waals surface area contributed by atoms with E-state index in [-0.39, 0.29) is 11.7 Å². The number of rotatable bonds is 5. The maximum atomic E-state index is 12.2. The largest absolute Gasteiger partial charge is 0.573 e. The number of piperazine rings is 1. The van der Waals surface area contributed by atoms with Crippen LogP contribution in [0.2, 0.25) is 0 Å². The highest BCUT2D eigenvalue weighted by molar-refractivity contribution is 5.78. The van der Waals surface area contributed by atoms with Crippen LogP contribution in [-0.2, 0) is 11.3 Å². The van der Waals surface area contributed by atoms with Crippen molar-refractivity contribution >= 4 is 5.91 Å². The quantitative estimate of drug-likeness (QED) is 0.796. The van der Waals surface area contributed by atoms with Crippen molar-refractivity contribution in [2.24, 2.45) is 0 Å². The van der Waals surface area contributed by atoms with Crippen LogP contribution in [0.25, 0.3) is 0 Å². The first-order valence-electron chi connectivity index (χ1n) is 8.96. The Kier molecular flexibility index (Phi) is 6.03. The van der Waals surface area contributed by atoms with Crippen molar-refractivity contribution < 1.29 is 22.7 Å². The molecule has 2 aliphatic heterocycles. The average molecular weight is 371 g/mol. The zero-order chi connectivity index (χ0) is 18.6. The van der Waals surface area contributed by atoms with Crippen molar-refractivity contribution in [3.63, 3.8) is 0 Å². The van der Waals surface area contributed by atoms with E-state index >= 15 is 0 Å². The van der Waals surface area contributed by atoms with Crippen LogP contribution >= 0.6 is 0 Å². The van der Waals surface area contributed by atoms with Crippen molar-refractivity contribution in [1.82, 2.24) is 14.7 Å². The molecule has 2 fully saturated rings. The van der Waals surface area contributed by atoms with E-state index in [9.17, 15) is 18.0 Å². The fourth-order valence-corrected chi connectivity index (χ4v) is 3.42. The zero-order valence-corrected chi connectivity index (χ0v) is 14.7. The summed E-state index contributed by atoms with van der Waals surface area (Å²) < 4.78 is 40.4. The van der Waals surface area contributed by atoms with Crippen LogP contribution < -0.4 is 4.74 Å². The van der Waals surface area contributed by atoms with E-state index in [1.54, 1.807) is 12.1 Å². The van der Waals surface area contributed by atoms with Crippen molar-refractivity contribution in [2.75, 3.05) is 45.8 Å². The lowest BCUT2D eigenvalue weighted by atomic mass is 10.2. The Balaban J connectivity index is 1.41. The summed E-state index contributed by atoms with van der Waals surface area (Å²) in [4.78, 5) is 18.6. The predicted octanol–water partition coefficient (Wildman–Crippen LogP) is 2.33. The fraction of sp³-hybridized carbons (Fsp3) is 0.611. The van der Waals surface area contributed by atoms with Gasteiger partial charge in [0.1, 0.15) is 5.75 Å². The first-order valence-corrected chi connectivity index (χ1v) is 8.96. The highest BCUT2D eigenvalue weighted by Gasteiger charge is 2.31. The first-order chi connectivity index (χ1) is 12.4. The molecule has 1 amide bonds. The van der Waals surface area contributed by atoms with Crippen molar-refractivity contribution in [1.29, 1.82) is 0 Å². The SMILES string of the molecule is O=C(CN1CCN(Cc2ccc(OC(F)(F)F)cc2)CC1)N1CCCC1.